The van der Waals surface area contributed by atoms with E-state index >= 15 is 0 Å². The summed E-state index contributed by atoms with van der Waals surface area (Å²) in [7, 11) is 0. The predicted molar refractivity (Wildman–Crippen MR) is 107 cm³/mol. The average Bonchev–Trinajstić information content (AvgIpc) is 2.95. The first-order valence-corrected chi connectivity index (χ1v) is 9.84. The summed E-state index contributed by atoms with van der Waals surface area (Å²) >= 11 is -0.279. The molecule has 1 aromatic heterocycles. The van der Waals surface area contributed by atoms with Crippen LogP contribution in [0.3, 0.4) is 0 Å². The van der Waals surface area contributed by atoms with Gasteiger partial charge in [-0.25, -0.2) is 19.5 Å². The van der Waals surface area contributed by atoms with Crippen LogP contribution in [0.5, 0.6) is 0 Å². The quantitative estimate of drug-likeness (QED) is 0.519. The van der Waals surface area contributed by atoms with Gasteiger partial charge < -0.3 is 9.64 Å². The maximum atomic E-state index is 12.7. The molecule has 164 valence electrons. The third kappa shape index (κ3) is 5.87. The third-order valence-electron chi connectivity index (χ3n) is 4.07. The minimum Gasteiger partial charge on any atom is -0.450 e. The summed E-state index contributed by atoms with van der Waals surface area (Å²) in [5.74, 6) is -0.274. The van der Waals surface area contributed by atoms with E-state index in [2.05, 4.69) is 10.3 Å². The van der Waals surface area contributed by atoms with Crippen LogP contribution >= 0.6 is 11.8 Å². The molecule has 0 unspecified atom stereocenters. The van der Waals surface area contributed by atoms with Gasteiger partial charge in [0.05, 0.1) is 12.3 Å². The van der Waals surface area contributed by atoms with Crippen LogP contribution in [-0.4, -0.2) is 46.6 Å². The molecule has 1 aliphatic heterocycles. The Morgan fingerprint density at radius 3 is 2.58 bits per heavy atom. The number of pyridine rings is 1. The second kappa shape index (κ2) is 9.25. The van der Waals surface area contributed by atoms with E-state index in [4.69, 9.17) is 4.74 Å². The third-order valence-corrected chi connectivity index (χ3v) is 4.81. The van der Waals surface area contributed by atoms with Crippen LogP contribution in [0, 0.1) is 0 Å². The highest BCUT2D eigenvalue weighted by molar-refractivity contribution is 8.00. The highest BCUT2D eigenvalue weighted by atomic mass is 32.2. The summed E-state index contributed by atoms with van der Waals surface area (Å²) in [6.45, 7) is 1.74. The van der Waals surface area contributed by atoms with E-state index in [0.717, 1.165) is 4.90 Å². The summed E-state index contributed by atoms with van der Waals surface area (Å²) in [5, 5.41) is 2.45. The monoisotopic (exact) mass is 454 g/mol. The smallest absolute Gasteiger partial charge is 0.446 e. The lowest BCUT2D eigenvalue weighted by atomic mass is 10.2. The molecule has 1 N–H and O–H groups in total. The Morgan fingerprint density at radius 2 is 1.94 bits per heavy atom. The second-order valence-electron chi connectivity index (χ2n) is 6.30. The van der Waals surface area contributed by atoms with Crippen molar-refractivity contribution in [3.05, 3.63) is 48.2 Å². The zero-order valence-corrected chi connectivity index (χ0v) is 17.0. The molecule has 0 saturated carbocycles. The summed E-state index contributed by atoms with van der Waals surface area (Å²) in [6.07, 6.45) is 0.770. The largest absolute Gasteiger partial charge is 0.450 e. The highest BCUT2D eigenvalue weighted by Gasteiger charge is 2.37. The number of hydrogen-bond donors (Lipinski definition) is 1. The van der Waals surface area contributed by atoms with Gasteiger partial charge in [-0.1, -0.05) is 0 Å². The minimum atomic E-state index is -4.43. The second-order valence-corrected chi connectivity index (χ2v) is 7.44. The fraction of sp³-hybridized carbons (Fsp3) is 0.263. The van der Waals surface area contributed by atoms with E-state index in [1.54, 1.807) is 19.1 Å². The van der Waals surface area contributed by atoms with Crippen LogP contribution in [-0.2, 0) is 16.1 Å². The van der Waals surface area contributed by atoms with Gasteiger partial charge in [-0.15, -0.1) is 0 Å². The summed E-state index contributed by atoms with van der Waals surface area (Å²) in [4.78, 5) is 42.8. The topological polar surface area (TPSA) is 91.8 Å². The fourth-order valence-electron chi connectivity index (χ4n) is 2.86. The molecule has 12 heteroatoms. The summed E-state index contributed by atoms with van der Waals surface area (Å²) in [6, 6.07) is 7.56. The van der Waals surface area contributed by atoms with Gasteiger partial charge in [-0.05, 0) is 60.6 Å². The first-order chi connectivity index (χ1) is 14.7. The number of rotatable bonds is 6. The van der Waals surface area contributed by atoms with E-state index in [1.165, 1.54) is 35.4 Å². The molecule has 0 radical (unpaired) electrons. The van der Waals surface area contributed by atoms with Crippen molar-refractivity contribution in [3.8, 4) is 0 Å². The standard InChI is InChI=1S/C19H17F3N4O4S/c1-2-30-17(28)24-15-9-12(7-8-23-15)10-25-11-16(27)26(18(25)29)13-3-5-14(6-4-13)31-19(20,21)22/h3-9H,2,10-11H2,1H3,(H,23,24,28). The number of thioether (sulfide) groups is 1. The highest BCUT2D eigenvalue weighted by Crippen LogP contribution is 2.37. The number of hydrogen-bond acceptors (Lipinski definition) is 6. The Hall–Kier alpha value is -3.28. The molecule has 1 aromatic carbocycles. The average molecular weight is 454 g/mol. The van der Waals surface area contributed by atoms with Gasteiger partial charge in [-0.2, -0.15) is 13.2 Å². The zero-order valence-electron chi connectivity index (χ0n) is 16.2. The van der Waals surface area contributed by atoms with E-state index in [1.807, 2.05) is 0 Å². The number of ether oxygens (including phenoxy) is 1. The number of benzene rings is 1. The molecule has 8 nitrogen and oxygen atoms in total. The number of nitrogens with one attached hydrogen (secondary N) is 1. The van der Waals surface area contributed by atoms with Gasteiger partial charge in [0, 0.05) is 17.6 Å². The molecule has 1 fully saturated rings. The van der Waals surface area contributed by atoms with Crippen LogP contribution in [0.4, 0.5) is 34.3 Å². The van der Waals surface area contributed by atoms with Crippen molar-refractivity contribution in [2.24, 2.45) is 0 Å². The van der Waals surface area contributed by atoms with Crippen LogP contribution in [0.15, 0.2) is 47.5 Å². The van der Waals surface area contributed by atoms with E-state index in [9.17, 15) is 27.6 Å². The van der Waals surface area contributed by atoms with Gasteiger partial charge in [-0.3, -0.25) is 10.1 Å². The fourth-order valence-corrected chi connectivity index (χ4v) is 3.40. The van der Waals surface area contributed by atoms with Gasteiger partial charge in [0.25, 0.3) is 5.91 Å². The molecule has 1 saturated heterocycles. The van der Waals surface area contributed by atoms with Gasteiger partial charge in [0.1, 0.15) is 12.4 Å². The van der Waals surface area contributed by atoms with Gasteiger partial charge in [0.15, 0.2) is 0 Å². The van der Waals surface area contributed by atoms with Crippen molar-refractivity contribution in [2.45, 2.75) is 23.9 Å². The number of anilines is 2. The predicted octanol–water partition coefficient (Wildman–Crippen LogP) is 4.23. The molecule has 0 atom stereocenters. The van der Waals surface area contributed by atoms with Crippen molar-refractivity contribution in [1.82, 2.24) is 9.88 Å². The van der Waals surface area contributed by atoms with Crippen molar-refractivity contribution in [1.29, 1.82) is 0 Å². The van der Waals surface area contributed by atoms with Crippen LogP contribution < -0.4 is 10.2 Å². The molecule has 0 bridgehead atoms. The number of urea groups is 1. The Labute approximate surface area is 179 Å². The number of amides is 4. The number of halogens is 3. The molecular formula is C19H17F3N4O4S. The molecule has 2 heterocycles. The van der Waals surface area contributed by atoms with Crippen LogP contribution in [0.25, 0.3) is 0 Å². The lowest BCUT2D eigenvalue weighted by molar-refractivity contribution is -0.116. The Bertz CT molecular complexity index is 985. The van der Waals surface area contributed by atoms with Crippen molar-refractivity contribution >= 4 is 41.3 Å². The Morgan fingerprint density at radius 1 is 1.23 bits per heavy atom. The molecule has 0 spiro atoms. The van der Waals surface area contributed by atoms with E-state index in [-0.39, 0.29) is 47.9 Å². The minimum absolute atomic E-state index is 0.0504. The molecule has 4 amide bonds. The molecule has 31 heavy (non-hydrogen) atoms. The lowest BCUT2D eigenvalue weighted by Gasteiger charge is -2.18. The first kappa shape index (κ1) is 22.4. The Kier molecular flexibility index (Phi) is 6.68. The normalized spacial score (nSPS) is 14.2. The van der Waals surface area contributed by atoms with Gasteiger partial charge >= 0.3 is 17.6 Å². The van der Waals surface area contributed by atoms with E-state index < -0.39 is 23.5 Å². The molecular weight excluding hydrogens is 437 g/mol. The lowest BCUT2D eigenvalue weighted by Crippen LogP contribution is -2.32. The van der Waals surface area contributed by atoms with Gasteiger partial charge in [0.2, 0.25) is 0 Å². The Balaban J connectivity index is 1.69. The van der Waals surface area contributed by atoms with Crippen molar-refractivity contribution < 1.29 is 32.3 Å². The van der Waals surface area contributed by atoms with Crippen molar-refractivity contribution in [2.75, 3.05) is 23.4 Å². The maximum Gasteiger partial charge on any atom is 0.446 e. The number of carbonyl (C=O) groups is 3. The first-order valence-electron chi connectivity index (χ1n) is 9.02. The molecule has 0 aliphatic carbocycles. The molecule has 2 aromatic rings. The summed E-state index contributed by atoms with van der Waals surface area (Å²) < 4.78 is 42.2. The van der Waals surface area contributed by atoms with Crippen molar-refractivity contribution in [3.63, 3.8) is 0 Å². The van der Waals surface area contributed by atoms with E-state index in [0.29, 0.717) is 5.56 Å². The number of imide groups is 1. The number of nitrogens with zero attached hydrogens (tertiary/aromatic N) is 3. The molecule has 3 rings (SSSR count). The van der Waals surface area contributed by atoms with Crippen LogP contribution in [0.1, 0.15) is 12.5 Å². The molecule has 1 aliphatic rings. The maximum absolute atomic E-state index is 12.7. The van der Waals surface area contributed by atoms with Crippen LogP contribution in [0.2, 0.25) is 0 Å². The number of alkyl halides is 3. The zero-order chi connectivity index (χ0) is 22.6. The number of aromatic nitrogens is 1. The summed E-state index contributed by atoms with van der Waals surface area (Å²) in [5.41, 5.74) is -3.63. The number of carbonyl (C=O) groups excluding carboxylic acids is 3. The SMILES string of the molecule is CCOC(=O)Nc1cc(CN2CC(=O)N(c3ccc(SC(F)(F)F)cc3)C2=O)ccn1.